The van der Waals surface area contributed by atoms with Crippen molar-refractivity contribution in [1.82, 2.24) is 9.80 Å². The van der Waals surface area contributed by atoms with Crippen molar-refractivity contribution in [2.75, 3.05) is 33.2 Å². The van der Waals surface area contributed by atoms with Crippen LogP contribution in [0.1, 0.15) is 15.9 Å². The van der Waals surface area contributed by atoms with E-state index in [1.807, 2.05) is 41.3 Å². The number of hydrogen-bond acceptors (Lipinski definition) is 3. The lowest BCUT2D eigenvalue weighted by Crippen LogP contribution is -2.47. The Balaban J connectivity index is 0.000000236. The van der Waals surface area contributed by atoms with Gasteiger partial charge in [0, 0.05) is 34.8 Å². The molecule has 6 heteroatoms. The van der Waals surface area contributed by atoms with Crippen molar-refractivity contribution in [3.8, 4) is 6.07 Å². The number of rotatable bonds is 1. The number of nitrogens with zero attached hydrogens (tertiary/aromatic N) is 3. The van der Waals surface area contributed by atoms with Crippen LogP contribution < -0.4 is 0 Å². The first-order valence-electron chi connectivity index (χ1n) is 7.89. The van der Waals surface area contributed by atoms with Crippen LogP contribution in [-0.2, 0) is 0 Å². The quantitative estimate of drug-likeness (QED) is 0.598. The average molecular weight is 468 g/mol. The number of piperazine rings is 1. The molecule has 0 aliphatic carbocycles. The van der Waals surface area contributed by atoms with Crippen molar-refractivity contribution < 1.29 is 4.79 Å². The van der Waals surface area contributed by atoms with Crippen molar-refractivity contribution in [1.29, 1.82) is 5.26 Å². The lowest BCUT2D eigenvalue weighted by Gasteiger charge is -2.32. The highest BCUT2D eigenvalue weighted by molar-refractivity contribution is 14.1. The van der Waals surface area contributed by atoms with Gasteiger partial charge >= 0.3 is 0 Å². The minimum absolute atomic E-state index is 0.110. The average Bonchev–Trinajstić information content (AvgIpc) is 2.63. The first-order chi connectivity index (χ1) is 12.0. The molecular weight excluding hydrogens is 449 g/mol. The summed E-state index contributed by atoms with van der Waals surface area (Å²) >= 11 is 8.05. The smallest absolute Gasteiger partial charge is 0.255 e. The minimum atomic E-state index is 0.110. The Labute approximate surface area is 167 Å². The molecule has 0 aromatic heterocycles. The zero-order chi connectivity index (χ0) is 18.2. The van der Waals surface area contributed by atoms with E-state index in [-0.39, 0.29) is 5.91 Å². The van der Waals surface area contributed by atoms with E-state index in [9.17, 15) is 4.79 Å². The topological polar surface area (TPSA) is 47.3 Å². The lowest BCUT2D eigenvalue weighted by atomic mass is 10.2. The summed E-state index contributed by atoms with van der Waals surface area (Å²) in [5, 5.41) is 8.96. The predicted molar refractivity (Wildman–Crippen MR) is 109 cm³/mol. The summed E-state index contributed by atoms with van der Waals surface area (Å²) in [7, 11) is 2.08. The van der Waals surface area contributed by atoms with Gasteiger partial charge in [-0.15, -0.1) is 0 Å². The third-order valence-corrected chi connectivity index (χ3v) is 4.98. The van der Waals surface area contributed by atoms with Gasteiger partial charge in [-0.2, -0.15) is 5.26 Å². The molecule has 1 saturated heterocycles. The molecule has 1 aliphatic heterocycles. The normalized spacial score (nSPS) is 14.2. The fourth-order valence-electron chi connectivity index (χ4n) is 2.36. The molecule has 0 N–H and O–H groups in total. The molecule has 0 unspecified atom stereocenters. The molecule has 4 nitrogen and oxygen atoms in total. The largest absolute Gasteiger partial charge is 0.336 e. The zero-order valence-electron chi connectivity index (χ0n) is 14.0. The molecule has 0 radical (unpaired) electrons. The lowest BCUT2D eigenvalue weighted by molar-refractivity contribution is 0.0663. The Morgan fingerprint density at radius 1 is 1.12 bits per heavy atom. The minimum Gasteiger partial charge on any atom is -0.336 e. The Hall–Kier alpha value is -1.62. The molecular formula is C19H19ClIN3O. The Bertz CT molecular complexity index is 753. The molecule has 2 aromatic carbocycles. The molecule has 0 bridgehead atoms. The van der Waals surface area contributed by atoms with E-state index in [2.05, 4.69) is 34.5 Å². The maximum absolute atomic E-state index is 12.3. The number of carbonyl (C=O) groups excluding carboxylic acids is 1. The number of halogens is 2. The highest BCUT2D eigenvalue weighted by Crippen LogP contribution is 2.20. The van der Waals surface area contributed by atoms with Gasteiger partial charge in [0.15, 0.2) is 0 Å². The highest BCUT2D eigenvalue weighted by atomic mass is 127. The fourth-order valence-corrected chi connectivity index (χ4v) is 3.46. The van der Waals surface area contributed by atoms with Crippen molar-refractivity contribution in [3.05, 3.63) is 68.3 Å². The standard InChI is InChI=1S/C12H14ClIN2O.C7H5N/c1-15-4-6-16(7-5-15)12(17)10-3-2-9(13)8-11(10)14;8-6-7-4-2-1-3-5-7/h2-3,8H,4-7H2,1H3;1-5H. The van der Waals surface area contributed by atoms with E-state index < -0.39 is 0 Å². The molecule has 1 heterocycles. The van der Waals surface area contributed by atoms with Crippen LogP contribution in [0.2, 0.25) is 5.02 Å². The maximum atomic E-state index is 12.3. The van der Waals surface area contributed by atoms with Gasteiger partial charge in [0.05, 0.1) is 17.2 Å². The molecule has 0 saturated carbocycles. The number of nitriles is 1. The number of amides is 1. The van der Waals surface area contributed by atoms with E-state index in [1.54, 1.807) is 18.2 Å². The molecule has 2 aromatic rings. The van der Waals surface area contributed by atoms with Crippen LogP contribution in [0.4, 0.5) is 0 Å². The molecule has 130 valence electrons. The summed E-state index contributed by atoms with van der Waals surface area (Å²) in [6.45, 7) is 3.48. The summed E-state index contributed by atoms with van der Waals surface area (Å²) < 4.78 is 0.916. The molecule has 1 amide bonds. The van der Waals surface area contributed by atoms with E-state index in [1.165, 1.54) is 0 Å². The Morgan fingerprint density at radius 2 is 1.76 bits per heavy atom. The molecule has 3 rings (SSSR count). The van der Waals surface area contributed by atoms with Gasteiger partial charge in [-0.3, -0.25) is 4.79 Å². The first kappa shape index (κ1) is 19.7. The van der Waals surface area contributed by atoms with E-state index >= 15 is 0 Å². The summed E-state index contributed by atoms with van der Waals surface area (Å²) in [5.41, 5.74) is 1.46. The van der Waals surface area contributed by atoms with Gasteiger partial charge in [-0.05, 0) is 60.0 Å². The van der Waals surface area contributed by atoms with Crippen molar-refractivity contribution in [2.24, 2.45) is 0 Å². The molecule has 1 aliphatic rings. The second-order valence-electron chi connectivity index (χ2n) is 5.70. The Morgan fingerprint density at radius 3 is 2.28 bits per heavy atom. The van der Waals surface area contributed by atoms with Crippen molar-refractivity contribution in [3.63, 3.8) is 0 Å². The summed E-state index contributed by atoms with van der Waals surface area (Å²) in [6.07, 6.45) is 0. The fraction of sp³-hybridized carbons (Fsp3) is 0.263. The van der Waals surface area contributed by atoms with Gasteiger partial charge in [0.25, 0.3) is 5.91 Å². The number of carbonyl (C=O) groups is 1. The summed E-state index contributed by atoms with van der Waals surface area (Å²) in [6, 6.07) is 16.6. The second-order valence-corrected chi connectivity index (χ2v) is 7.30. The summed E-state index contributed by atoms with van der Waals surface area (Å²) in [4.78, 5) is 16.4. The highest BCUT2D eigenvalue weighted by Gasteiger charge is 2.21. The third kappa shape index (κ3) is 5.99. The van der Waals surface area contributed by atoms with Crippen LogP contribution in [0.25, 0.3) is 0 Å². The van der Waals surface area contributed by atoms with Gasteiger partial charge < -0.3 is 9.80 Å². The van der Waals surface area contributed by atoms with E-state index in [4.69, 9.17) is 16.9 Å². The third-order valence-electron chi connectivity index (χ3n) is 3.85. The van der Waals surface area contributed by atoms with Crippen LogP contribution >= 0.6 is 34.2 Å². The monoisotopic (exact) mass is 467 g/mol. The predicted octanol–water partition coefficient (Wildman–Crippen LogP) is 3.89. The van der Waals surface area contributed by atoms with Crippen molar-refractivity contribution in [2.45, 2.75) is 0 Å². The van der Waals surface area contributed by atoms with Gasteiger partial charge in [-0.1, -0.05) is 29.8 Å². The van der Waals surface area contributed by atoms with Crippen LogP contribution in [0.3, 0.4) is 0 Å². The van der Waals surface area contributed by atoms with Crippen LogP contribution in [0, 0.1) is 14.9 Å². The van der Waals surface area contributed by atoms with Crippen molar-refractivity contribution >= 4 is 40.1 Å². The number of benzene rings is 2. The zero-order valence-corrected chi connectivity index (χ0v) is 16.9. The maximum Gasteiger partial charge on any atom is 0.255 e. The SMILES string of the molecule is CN1CCN(C(=O)c2ccc(Cl)cc2I)CC1.N#Cc1ccccc1. The second kappa shape index (κ2) is 9.76. The summed E-state index contributed by atoms with van der Waals surface area (Å²) in [5.74, 6) is 0.110. The van der Waals surface area contributed by atoms with Gasteiger partial charge in [0.2, 0.25) is 0 Å². The number of hydrogen-bond donors (Lipinski definition) is 0. The van der Waals surface area contributed by atoms with E-state index in [0.29, 0.717) is 10.6 Å². The molecule has 25 heavy (non-hydrogen) atoms. The molecule has 0 spiro atoms. The number of likely N-dealkylation sites (N-methyl/N-ethyl adjacent to an activating group) is 1. The van der Waals surface area contributed by atoms with Gasteiger partial charge in [-0.25, -0.2) is 0 Å². The van der Waals surface area contributed by atoms with Crippen LogP contribution in [-0.4, -0.2) is 48.9 Å². The van der Waals surface area contributed by atoms with Crippen LogP contribution in [0.5, 0.6) is 0 Å². The van der Waals surface area contributed by atoms with E-state index in [0.717, 1.165) is 35.3 Å². The Kier molecular flexibility index (Phi) is 7.69. The molecule has 0 atom stereocenters. The molecule has 1 fully saturated rings. The van der Waals surface area contributed by atoms with Crippen LogP contribution in [0.15, 0.2) is 48.5 Å². The van der Waals surface area contributed by atoms with Gasteiger partial charge in [0.1, 0.15) is 0 Å². The first-order valence-corrected chi connectivity index (χ1v) is 9.35.